The molecule has 15 heavy (non-hydrogen) atoms. The molecule has 1 saturated heterocycles. The first kappa shape index (κ1) is 10.2. The molecule has 2 rings (SSSR count). The lowest BCUT2D eigenvalue weighted by Gasteiger charge is -2.33. The lowest BCUT2D eigenvalue weighted by molar-refractivity contribution is 0.0624. The largest absolute Gasteiger partial charge is 0.335 e. The lowest BCUT2D eigenvalue weighted by Crippen LogP contribution is -2.42. The van der Waals surface area contributed by atoms with Gasteiger partial charge in [-0.05, 0) is 32.3 Å². The first-order valence-corrected chi connectivity index (χ1v) is 5.49. The van der Waals surface area contributed by atoms with Crippen molar-refractivity contribution in [2.45, 2.75) is 32.2 Å². The predicted octanol–water partition coefficient (Wildman–Crippen LogP) is 1.43. The number of aryl methyl sites for hydroxylation is 1. The maximum atomic E-state index is 12.2. The fourth-order valence-electron chi connectivity index (χ4n) is 2.13. The molecule has 0 bridgehead atoms. The van der Waals surface area contributed by atoms with Crippen LogP contribution in [-0.2, 0) is 7.05 Å². The monoisotopic (exact) mass is 207 g/mol. The first-order chi connectivity index (χ1) is 7.20. The highest BCUT2D eigenvalue weighted by Gasteiger charge is 2.25. The van der Waals surface area contributed by atoms with Crippen molar-refractivity contribution in [3.63, 3.8) is 0 Å². The number of aromatic nitrogens is 2. The van der Waals surface area contributed by atoms with Gasteiger partial charge in [-0.3, -0.25) is 9.48 Å². The van der Waals surface area contributed by atoms with Crippen LogP contribution in [0.25, 0.3) is 0 Å². The number of amides is 1. The second-order valence-electron chi connectivity index (χ2n) is 4.18. The van der Waals surface area contributed by atoms with E-state index in [-0.39, 0.29) is 5.91 Å². The number of carbonyl (C=O) groups excluding carboxylic acids is 1. The van der Waals surface area contributed by atoms with Crippen LogP contribution >= 0.6 is 0 Å². The highest BCUT2D eigenvalue weighted by Crippen LogP contribution is 2.18. The molecule has 1 aromatic rings. The maximum absolute atomic E-state index is 12.2. The Morgan fingerprint density at radius 3 is 2.93 bits per heavy atom. The summed E-state index contributed by atoms with van der Waals surface area (Å²) in [6.07, 6.45) is 5.13. The van der Waals surface area contributed by atoms with Gasteiger partial charge in [0.2, 0.25) is 0 Å². The Morgan fingerprint density at radius 1 is 1.53 bits per heavy atom. The van der Waals surface area contributed by atoms with Gasteiger partial charge in [-0.25, -0.2) is 0 Å². The van der Waals surface area contributed by atoms with Gasteiger partial charge >= 0.3 is 0 Å². The second kappa shape index (κ2) is 4.04. The maximum Gasteiger partial charge on any atom is 0.272 e. The fraction of sp³-hybridized carbons (Fsp3) is 0.636. The summed E-state index contributed by atoms with van der Waals surface area (Å²) in [5.41, 5.74) is 0.684. The van der Waals surface area contributed by atoms with Gasteiger partial charge in [-0.15, -0.1) is 0 Å². The Morgan fingerprint density at radius 2 is 2.33 bits per heavy atom. The minimum absolute atomic E-state index is 0.113. The van der Waals surface area contributed by atoms with Crippen LogP contribution < -0.4 is 0 Å². The molecule has 1 amide bonds. The number of piperidine rings is 1. The summed E-state index contributed by atoms with van der Waals surface area (Å²) in [7, 11) is 1.81. The molecule has 1 aromatic heterocycles. The van der Waals surface area contributed by atoms with E-state index in [0.717, 1.165) is 19.4 Å². The van der Waals surface area contributed by atoms with Gasteiger partial charge in [0.1, 0.15) is 5.69 Å². The fourth-order valence-corrected chi connectivity index (χ4v) is 2.13. The number of rotatable bonds is 1. The Labute approximate surface area is 89.9 Å². The van der Waals surface area contributed by atoms with Gasteiger partial charge in [-0.2, -0.15) is 5.10 Å². The molecule has 0 radical (unpaired) electrons. The van der Waals surface area contributed by atoms with Crippen LogP contribution in [0.1, 0.15) is 36.7 Å². The van der Waals surface area contributed by atoms with Crippen molar-refractivity contribution >= 4 is 5.91 Å². The Hall–Kier alpha value is -1.32. The third kappa shape index (κ3) is 1.89. The van der Waals surface area contributed by atoms with E-state index in [1.807, 2.05) is 11.9 Å². The van der Waals surface area contributed by atoms with Gasteiger partial charge in [0.05, 0.1) is 0 Å². The van der Waals surface area contributed by atoms with E-state index in [1.165, 1.54) is 6.42 Å². The Kier molecular flexibility index (Phi) is 2.75. The number of hydrogen-bond donors (Lipinski definition) is 0. The SMILES string of the molecule is CC1CCCCN1C(=O)c1ccnn1C. The molecule has 0 aromatic carbocycles. The van der Waals surface area contributed by atoms with Crippen LogP contribution in [-0.4, -0.2) is 33.2 Å². The zero-order valence-electron chi connectivity index (χ0n) is 9.31. The molecular weight excluding hydrogens is 190 g/mol. The molecule has 1 aliphatic rings. The number of nitrogens with zero attached hydrogens (tertiary/aromatic N) is 3. The first-order valence-electron chi connectivity index (χ1n) is 5.49. The van der Waals surface area contributed by atoms with Crippen molar-refractivity contribution < 1.29 is 4.79 Å². The van der Waals surface area contributed by atoms with Gasteiger partial charge < -0.3 is 4.90 Å². The standard InChI is InChI=1S/C11H17N3O/c1-9-5-3-4-8-14(9)11(15)10-6-7-12-13(10)2/h6-7,9H,3-5,8H2,1-2H3. The summed E-state index contributed by atoms with van der Waals surface area (Å²) < 4.78 is 1.64. The van der Waals surface area contributed by atoms with E-state index < -0.39 is 0 Å². The van der Waals surface area contributed by atoms with E-state index in [9.17, 15) is 4.79 Å². The van der Waals surface area contributed by atoms with Crippen molar-refractivity contribution in [2.24, 2.45) is 7.05 Å². The molecule has 0 aliphatic carbocycles. The topological polar surface area (TPSA) is 38.1 Å². The molecule has 1 aliphatic heterocycles. The average molecular weight is 207 g/mol. The average Bonchev–Trinajstić information content (AvgIpc) is 2.64. The minimum Gasteiger partial charge on any atom is -0.335 e. The van der Waals surface area contributed by atoms with Gasteiger partial charge in [0.15, 0.2) is 0 Å². The third-order valence-electron chi connectivity index (χ3n) is 3.10. The van der Waals surface area contributed by atoms with Crippen molar-refractivity contribution in [3.8, 4) is 0 Å². The third-order valence-corrected chi connectivity index (χ3v) is 3.10. The molecule has 4 heteroatoms. The van der Waals surface area contributed by atoms with Gasteiger partial charge in [-0.1, -0.05) is 0 Å². The van der Waals surface area contributed by atoms with Crippen molar-refractivity contribution in [3.05, 3.63) is 18.0 Å². The zero-order valence-corrected chi connectivity index (χ0v) is 9.31. The van der Waals surface area contributed by atoms with E-state index in [0.29, 0.717) is 11.7 Å². The van der Waals surface area contributed by atoms with Crippen LogP contribution in [0.3, 0.4) is 0 Å². The quantitative estimate of drug-likeness (QED) is 0.698. The number of hydrogen-bond acceptors (Lipinski definition) is 2. The Bertz CT molecular complexity index is 358. The summed E-state index contributed by atoms with van der Waals surface area (Å²) in [5, 5.41) is 4.03. The molecule has 0 N–H and O–H groups in total. The van der Waals surface area contributed by atoms with Gasteiger partial charge in [0, 0.05) is 25.8 Å². The van der Waals surface area contributed by atoms with E-state index in [4.69, 9.17) is 0 Å². The number of likely N-dealkylation sites (tertiary alicyclic amines) is 1. The van der Waals surface area contributed by atoms with Crippen LogP contribution in [0.15, 0.2) is 12.3 Å². The van der Waals surface area contributed by atoms with Crippen molar-refractivity contribution in [1.29, 1.82) is 0 Å². The van der Waals surface area contributed by atoms with Gasteiger partial charge in [0.25, 0.3) is 5.91 Å². The smallest absolute Gasteiger partial charge is 0.272 e. The minimum atomic E-state index is 0.113. The van der Waals surface area contributed by atoms with Crippen molar-refractivity contribution in [2.75, 3.05) is 6.54 Å². The van der Waals surface area contributed by atoms with Crippen LogP contribution in [0, 0.1) is 0 Å². The van der Waals surface area contributed by atoms with Crippen LogP contribution in [0.4, 0.5) is 0 Å². The second-order valence-corrected chi connectivity index (χ2v) is 4.18. The van der Waals surface area contributed by atoms with Crippen LogP contribution in [0.2, 0.25) is 0 Å². The zero-order chi connectivity index (χ0) is 10.8. The molecule has 2 heterocycles. The molecule has 0 saturated carbocycles. The summed E-state index contributed by atoms with van der Waals surface area (Å²) in [5.74, 6) is 0.113. The highest BCUT2D eigenvalue weighted by molar-refractivity contribution is 5.92. The molecule has 1 atom stereocenters. The molecule has 4 nitrogen and oxygen atoms in total. The molecule has 0 spiro atoms. The number of carbonyl (C=O) groups is 1. The van der Waals surface area contributed by atoms with Crippen LogP contribution in [0.5, 0.6) is 0 Å². The lowest BCUT2D eigenvalue weighted by atomic mass is 10.0. The van der Waals surface area contributed by atoms with E-state index in [1.54, 1.807) is 16.9 Å². The molecule has 1 unspecified atom stereocenters. The summed E-state index contributed by atoms with van der Waals surface area (Å²) in [4.78, 5) is 14.1. The predicted molar refractivity (Wildman–Crippen MR) is 57.6 cm³/mol. The normalized spacial score (nSPS) is 21.7. The molecular formula is C11H17N3O. The molecule has 1 fully saturated rings. The Balaban J connectivity index is 2.17. The summed E-state index contributed by atoms with van der Waals surface area (Å²) in [6.45, 7) is 3.00. The van der Waals surface area contributed by atoms with E-state index in [2.05, 4.69) is 12.0 Å². The van der Waals surface area contributed by atoms with Crippen molar-refractivity contribution in [1.82, 2.24) is 14.7 Å². The van der Waals surface area contributed by atoms with E-state index >= 15 is 0 Å². The molecule has 82 valence electrons. The summed E-state index contributed by atoms with van der Waals surface area (Å²) in [6, 6.07) is 2.14. The highest BCUT2D eigenvalue weighted by atomic mass is 16.2. The summed E-state index contributed by atoms with van der Waals surface area (Å²) >= 11 is 0.